The largest absolute Gasteiger partial charge is 0.397 e. The molecule has 0 unspecified atom stereocenters. The lowest BCUT2D eigenvalue weighted by Crippen LogP contribution is -2.15. The van der Waals surface area contributed by atoms with Crippen LogP contribution in [-0.4, -0.2) is 18.4 Å². The Bertz CT molecular complexity index is 701. The summed E-state index contributed by atoms with van der Waals surface area (Å²) in [4.78, 5) is 6.55. The van der Waals surface area contributed by atoms with Crippen molar-refractivity contribution in [3.63, 3.8) is 0 Å². The van der Waals surface area contributed by atoms with Crippen LogP contribution in [0.2, 0.25) is 0 Å². The average Bonchev–Trinajstić information content (AvgIpc) is 2.71. The van der Waals surface area contributed by atoms with Crippen LogP contribution in [0.15, 0.2) is 27.8 Å². The van der Waals surface area contributed by atoms with E-state index in [1.807, 2.05) is 0 Å². The Kier molecular flexibility index (Phi) is 3.55. The Morgan fingerprint density at radius 2 is 2.05 bits per heavy atom. The summed E-state index contributed by atoms with van der Waals surface area (Å²) in [6, 6.07) is 3.43. The first-order chi connectivity index (χ1) is 8.79. The van der Waals surface area contributed by atoms with E-state index in [4.69, 9.17) is 5.73 Å². The Balaban J connectivity index is 2.41. The van der Waals surface area contributed by atoms with E-state index >= 15 is 0 Å². The molecule has 6 nitrogen and oxygen atoms in total. The lowest BCUT2D eigenvalue weighted by molar-refractivity contribution is 0.598. The van der Waals surface area contributed by atoms with Crippen molar-refractivity contribution in [1.82, 2.24) is 9.97 Å². The van der Waals surface area contributed by atoms with Crippen LogP contribution in [0.4, 0.5) is 11.4 Å². The topological polar surface area (TPSA) is 101 Å². The minimum absolute atomic E-state index is 0.00622. The number of H-pyrrole nitrogens is 1. The van der Waals surface area contributed by atoms with E-state index in [0.717, 1.165) is 10.0 Å². The molecule has 1 aromatic carbocycles. The van der Waals surface area contributed by atoms with Gasteiger partial charge in [0.25, 0.3) is 10.0 Å². The fraction of sp³-hybridized carbons (Fsp3) is 0.182. The highest BCUT2D eigenvalue weighted by molar-refractivity contribution is 9.10. The molecule has 0 aliphatic rings. The van der Waals surface area contributed by atoms with Crippen LogP contribution in [0.1, 0.15) is 11.4 Å². The molecule has 1 heterocycles. The van der Waals surface area contributed by atoms with Crippen molar-refractivity contribution in [3.05, 3.63) is 34.2 Å². The number of benzene rings is 1. The number of sulfonamides is 1. The Morgan fingerprint density at radius 1 is 1.37 bits per heavy atom. The van der Waals surface area contributed by atoms with E-state index in [9.17, 15) is 8.42 Å². The smallest absolute Gasteiger partial charge is 0.279 e. The number of hydrogen-bond acceptors (Lipinski definition) is 4. The van der Waals surface area contributed by atoms with Crippen LogP contribution in [0.3, 0.4) is 0 Å². The summed E-state index contributed by atoms with van der Waals surface area (Å²) in [5, 5.41) is 0.00622. The lowest BCUT2D eigenvalue weighted by Gasteiger charge is -2.12. The molecule has 1 aromatic heterocycles. The minimum atomic E-state index is -3.71. The SMILES string of the molecule is Cc1ncc(S(=O)(=O)Nc2c(C)cc(Br)cc2N)[nH]1. The lowest BCUT2D eigenvalue weighted by atomic mass is 10.2. The van der Waals surface area contributed by atoms with Gasteiger partial charge in [-0.1, -0.05) is 15.9 Å². The van der Waals surface area contributed by atoms with Gasteiger partial charge < -0.3 is 10.7 Å². The quantitative estimate of drug-likeness (QED) is 0.742. The first-order valence-electron chi connectivity index (χ1n) is 5.39. The Labute approximate surface area is 119 Å². The van der Waals surface area contributed by atoms with Crippen LogP contribution >= 0.6 is 15.9 Å². The van der Waals surface area contributed by atoms with Crippen molar-refractivity contribution in [2.75, 3.05) is 10.5 Å². The zero-order chi connectivity index (χ0) is 14.2. The van der Waals surface area contributed by atoms with Gasteiger partial charge in [-0.25, -0.2) is 4.98 Å². The van der Waals surface area contributed by atoms with Crippen LogP contribution in [0.5, 0.6) is 0 Å². The maximum absolute atomic E-state index is 12.2. The third kappa shape index (κ3) is 2.90. The number of anilines is 2. The normalized spacial score (nSPS) is 11.5. The molecule has 0 fully saturated rings. The molecule has 4 N–H and O–H groups in total. The molecule has 0 aliphatic carbocycles. The minimum Gasteiger partial charge on any atom is -0.397 e. The van der Waals surface area contributed by atoms with Gasteiger partial charge in [0, 0.05) is 4.47 Å². The number of halogens is 1. The van der Waals surface area contributed by atoms with E-state index in [1.165, 1.54) is 6.20 Å². The van der Waals surface area contributed by atoms with Crippen molar-refractivity contribution in [1.29, 1.82) is 0 Å². The number of hydrogen-bond donors (Lipinski definition) is 3. The van der Waals surface area contributed by atoms with Gasteiger partial charge in [0.2, 0.25) is 0 Å². The van der Waals surface area contributed by atoms with E-state index in [2.05, 4.69) is 30.6 Å². The van der Waals surface area contributed by atoms with E-state index in [-0.39, 0.29) is 5.03 Å². The van der Waals surface area contributed by atoms with Crippen molar-refractivity contribution in [3.8, 4) is 0 Å². The van der Waals surface area contributed by atoms with Gasteiger partial charge in [-0.05, 0) is 31.5 Å². The molecule has 0 aliphatic heterocycles. The molecule has 0 saturated carbocycles. The van der Waals surface area contributed by atoms with Gasteiger partial charge in [-0.15, -0.1) is 0 Å². The molecule has 0 radical (unpaired) electrons. The molecule has 0 atom stereocenters. The van der Waals surface area contributed by atoms with Gasteiger partial charge in [-0.2, -0.15) is 8.42 Å². The summed E-state index contributed by atoms with van der Waals surface area (Å²) >= 11 is 3.30. The third-order valence-electron chi connectivity index (χ3n) is 2.54. The van der Waals surface area contributed by atoms with Gasteiger partial charge in [0.05, 0.1) is 17.6 Å². The molecule has 19 heavy (non-hydrogen) atoms. The fourth-order valence-corrected chi connectivity index (χ4v) is 3.35. The van der Waals surface area contributed by atoms with E-state index < -0.39 is 10.0 Å². The van der Waals surface area contributed by atoms with Crippen molar-refractivity contribution >= 4 is 37.3 Å². The van der Waals surface area contributed by atoms with Crippen LogP contribution < -0.4 is 10.5 Å². The molecule has 2 aromatic rings. The molecule has 0 amide bonds. The summed E-state index contributed by atoms with van der Waals surface area (Å²) in [6.07, 6.45) is 1.27. The summed E-state index contributed by atoms with van der Waals surface area (Å²) in [6.45, 7) is 3.45. The number of nitrogen functional groups attached to an aromatic ring is 1. The monoisotopic (exact) mass is 344 g/mol. The number of rotatable bonds is 3. The van der Waals surface area contributed by atoms with Crippen molar-refractivity contribution < 1.29 is 8.42 Å². The van der Waals surface area contributed by atoms with Gasteiger partial charge >= 0.3 is 0 Å². The first-order valence-corrected chi connectivity index (χ1v) is 7.67. The zero-order valence-electron chi connectivity index (χ0n) is 10.4. The molecule has 102 valence electrons. The van der Waals surface area contributed by atoms with Crippen LogP contribution in [0, 0.1) is 13.8 Å². The standard InChI is InChI=1S/C11H13BrN4O2S/c1-6-3-8(12)4-9(13)11(6)16-19(17,18)10-5-14-7(2)15-10/h3-5,16H,13H2,1-2H3,(H,14,15). The highest BCUT2D eigenvalue weighted by Crippen LogP contribution is 2.29. The van der Waals surface area contributed by atoms with E-state index in [1.54, 1.807) is 26.0 Å². The second-order valence-corrected chi connectivity index (χ2v) is 6.69. The Morgan fingerprint density at radius 3 is 2.58 bits per heavy atom. The average molecular weight is 345 g/mol. The molecule has 2 rings (SSSR count). The van der Waals surface area contributed by atoms with Gasteiger partial charge in [0.15, 0.2) is 5.03 Å². The zero-order valence-corrected chi connectivity index (χ0v) is 12.8. The number of aryl methyl sites for hydroxylation is 2. The first kappa shape index (κ1) is 13.9. The van der Waals surface area contributed by atoms with Crippen LogP contribution in [-0.2, 0) is 10.0 Å². The third-order valence-corrected chi connectivity index (χ3v) is 4.25. The summed E-state index contributed by atoms with van der Waals surface area (Å²) < 4.78 is 27.6. The predicted molar refractivity (Wildman–Crippen MR) is 77.4 cm³/mol. The second-order valence-electron chi connectivity index (χ2n) is 4.13. The summed E-state index contributed by atoms with van der Waals surface area (Å²) in [5.41, 5.74) is 7.28. The van der Waals surface area contributed by atoms with Gasteiger partial charge in [0.1, 0.15) is 5.82 Å². The number of nitrogens with zero attached hydrogens (tertiary/aromatic N) is 1. The summed E-state index contributed by atoms with van der Waals surface area (Å²) in [7, 11) is -3.71. The van der Waals surface area contributed by atoms with Gasteiger partial charge in [-0.3, -0.25) is 4.72 Å². The van der Waals surface area contributed by atoms with Crippen LogP contribution in [0.25, 0.3) is 0 Å². The second kappa shape index (κ2) is 4.86. The molecule has 0 bridgehead atoms. The van der Waals surface area contributed by atoms with E-state index in [0.29, 0.717) is 17.2 Å². The summed E-state index contributed by atoms with van der Waals surface area (Å²) in [5.74, 6) is 0.529. The number of imidazole rings is 1. The predicted octanol–water partition coefficient (Wildman–Crippen LogP) is 2.17. The highest BCUT2D eigenvalue weighted by atomic mass is 79.9. The maximum atomic E-state index is 12.2. The molecule has 0 spiro atoms. The van der Waals surface area contributed by atoms with Crippen molar-refractivity contribution in [2.45, 2.75) is 18.9 Å². The Hall–Kier alpha value is -1.54. The molecular formula is C11H13BrN4O2S. The maximum Gasteiger partial charge on any atom is 0.279 e. The fourth-order valence-electron chi connectivity index (χ4n) is 1.63. The van der Waals surface area contributed by atoms with Crippen molar-refractivity contribution in [2.24, 2.45) is 0 Å². The highest BCUT2D eigenvalue weighted by Gasteiger charge is 2.19. The molecular weight excluding hydrogens is 332 g/mol. The molecule has 8 heteroatoms. The number of nitrogens with one attached hydrogen (secondary N) is 2. The number of aromatic nitrogens is 2. The molecule has 0 saturated heterocycles. The number of aromatic amines is 1. The number of nitrogens with two attached hydrogens (primary N) is 1.